The Labute approximate surface area is 121 Å². The van der Waals surface area contributed by atoms with Gasteiger partial charge in [0.2, 0.25) is 0 Å². The van der Waals surface area contributed by atoms with E-state index < -0.39 is 0 Å². The van der Waals surface area contributed by atoms with Gasteiger partial charge in [-0.15, -0.1) is 0 Å². The maximum absolute atomic E-state index is 13.1. The van der Waals surface area contributed by atoms with Crippen molar-refractivity contribution in [2.24, 2.45) is 10.7 Å². The fourth-order valence-corrected chi connectivity index (χ4v) is 2.75. The third-order valence-electron chi connectivity index (χ3n) is 3.37. The Morgan fingerprint density at radius 3 is 2.84 bits per heavy atom. The van der Waals surface area contributed by atoms with Gasteiger partial charge in [-0.2, -0.15) is 0 Å². The summed E-state index contributed by atoms with van der Waals surface area (Å²) in [4.78, 5) is 4.31. The van der Waals surface area contributed by atoms with E-state index in [1.807, 2.05) is 0 Å². The maximum atomic E-state index is 13.1. The third kappa shape index (κ3) is 4.49. The van der Waals surface area contributed by atoms with Crippen LogP contribution in [0.25, 0.3) is 0 Å². The van der Waals surface area contributed by atoms with Crippen molar-refractivity contribution in [3.8, 4) is 0 Å². The topological polar surface area (TPSA) is 50.4 Å². The first-order valence-electron chi connectivity index (χ1n) is 6.65. The molecule has 104 valence electrons. The van der Waals surface area contributed by atoms with Crippen LogP contribution in [0, 0.1) is 5.82 Å². The number of nitrogens with one attached hydrogen (secondary N) is 1. The van der Waals surface area contributed by atoms with Crippen molar-refractivity contribution in [1.82, 2.24) is 5.32 Å². The average molecular weight is 328 g/mol. The molecule has 2 rings (SSSR count). The number of aliphatic imine (C=N–C) groups is 1. The van der Waals surface area contributed by atoms with Crippen molar-refractivity contribution >= 4 is 21.9 Å². The molecule has 1 aliphatic rings. The van der Waals surface area contributed by atoms with Gasteiger partial charge >= 0.3 is 0 Å². The number of hydrogen-bond donors (Lipinski definition) is 2. The lowest BCUT2D eigenvalue weighted by Gasteiger charge is -2.12. The van der Waals surface area contributed by atoms with Crippen molar-refractivity contribution < 1.29 is 4.39 Å². The molecule has 0 aromatic heterocycles. The van der Waals surface area contributed by atoms with Crippen molar-refractivity contribution in [3.63, 3.8) is 0 Å². The molecule has 1 aromatic rings. The van der Waals surface area contributed by atoms with E-state index in [4.69, 9.17) is 5.73 Å². The molecular weight excluding hydrogens is 309 g/mol. The number of benzene rings is 1. The second kappa shape index (κ2) is 6.89. The van der Waals surface area contributed by atoms with Crippen molar-refractivity contribution in [3.05, 3.63) is 34.1 Å². The van der Waals surface area contributed by atoms with Crippen LogP contribution < -0.4 is 11.1 Å². The van der Waals surface area contributed by atoms with Gasteiger partial charge < -0.3 is 11.1 Å². The minimum atomic E-state index is -0.241. The van der Waals surface area contributed by atoms with Gasteiger partial charge in [0.15, 0.2) is 5.96 Å². The van der Waals surface area contributed by atoms with E-state index in [0.717, 1.165) is 12.0 Å². The third-order valence-corrected chi connectivity index (χ3v) is 3.98. The normalized spacial score (nSPS) is 16.8. The Bertz CT molecular complexity index is 456. The van der Waals surface area contributed by atoms with Crippen LogP contribution in [0.5, 0.6) is 0 Å². The van der Waals surface area contributed by atoms with E-state index in [-0.39, 0.29) is 5.82 Å². The quantitative estimate of drug-likeness (QED) is 0.659. The largest absolute Gasteiger partial charge is 0.370 e. The SMILES string of the molecule is NC(=NCCc1ccc(F)c(Br)c1)NC1CCCC1. The van der Waals surface area contributed by atoms with Gasteiger partial charge in [-0.05, 0) is 52.9 Å². The van der Waals surface area contributed by atoms with Crippen molar-refractivity contribution in [1.29, 1.82) is 0 Å². The summed E-state index contributed by atoms with van der Waals surface area (Å²) in [5, 5.41) is 3.24. The molecule has 3 nitrogen and oxygen atoms in total. The fraction of sp³-hybridized carbons (Fsp3) is 0.500. The molecule has 0 radical (unpaired) electrons. The second-order valence-electron chi connectivity index (χ2n) is 4.89. The zero-order valence-electron chi connectivity index (χ0n) is 10.8. The van der Waals surface area contributed by atoms with Gasteiger partial charge in [-0.25, -0.2) is 4.39 Å². The Hall–Kier alpha value is -1.10. The molecule has 0 aliphatic heterocycles. The Morgan fingerprint density at radius 2 is 2.16 bits per heavy atom. The summed E-state index contributed by atoms with van der Waals surface area (Å²) in [5.74, 6) is 0.280. The number of nitrogens with zero attached hydrogens (tertiary/aromatic N) is 1. The van der Waals surface area contributed by atoms with E-state index in [1.54, 1.807) is 12.1 Å². The molecule has 5 heteroatoms. The fourth-order valence-electron chi connectivity index (χ4n) is 2.33. The van der Waals surface area contributed by atoms with E-state index in [9.17, 15) is 4.39 Å². The molecule has 19 heavy (non-hydrogen) atoms. The molecule has 0 atom stereocenters. The molecule has 0 unspecified atom stereocenters. The summed E-state index contributed by atoms with van der Waals surface area (Å²) in [6.07, 6.45) is 5.66. The number of halogens is 2. The van der Waals surface area contributed by atoms with Gasteiger partial charge in [0.05, 0.1) is 4.47 Å². The lowest BCUT2D eigenvalue weighted by Crippen LogP contribution is -2.38. The smallest absolute Gasteiger partial charge is 0.188 e. The van der Waals surface area contributed by atoms with Crippen LogP contribution in [0.4, 0.5) is 4.39 Å². The van der Waals surface area contributed by atoms with E-state index in [2.05, 4.69) is 26.2 Å². The van der Waals surface area contributed by atoms with Gasteiger partial charge in [-0.3, -0.25) is 4.99 Å². The molecule has 0 heterocycles. The van der Waals surface area contributed by atoms with Crippen molar-refractivity contribution in [2.75, 3.05) is 6.54 Å². The first-order valence-corrected chi connectivity index (χ1v) is 7.45. The zero-order chi connectivity index (χ0) is 13.7. The van der Waals surface area contributed by atoms with E-state index >= 15 is 0 Å². The van der Waals surface area contributed by atoms with Gasteiger partial charge in [0.25, 0.3) is 0 Å². The highest BCUT2D eigenvalue weighted by Crippen LogP contribution is 2.18. The summed E-state index contributed by atoms with van der Waals surface area (Å²) in [7, 11) is 0. The van der Waals surface area contributed by atoms with Crippen LogP contribution in [-0.2, 0) is 6.42 Å². The van der Waals surface area contributed by atoms with Crippen LogP contribution in [0.3, 0.4) is 0 Å². The molecule has 0 spiro atoms. The summed E-state index contributed by atoms with van der Waals surface area (Å²) in [6, 6.07) is 5.51. The number of guanidine groups is 1. The molecule has 0 bridgehead atoms. The lowest BCUT2D eigenvalue weighted by molar-refractivity contribution is 0.619. The summed E-state index contributed by atoms with van der Waals surface area (Å²) in [6.45, 7) is 0.615. The first kappa shape index (κ1) is 14.3. The maximum Gasteiger partial charge on any atom is 0.188 e. The number of nitrogens with two attached hydrogens (primary N) is 1. The minimum absolute atomic E-state index is 0.241. The molecule has 1 aromatic carbocycles. The first-order chi connectivity index (χ1) is 9.15. The molecular formula is C14H19BrFN3. The minimum Gasteiger partial charge on any atom is -0.370 e. The Kier molecular flexibility index (Phi) is 5.19. The molecule has 0 amide bonds. The molecule has 1 fully saturated rings. The Morgan fingerprint density at radius 1 is 1.42 bits per heavy atom. The average Bonchev–Trinajstić information content (AvgIpc) is 2.86. The highest BCUT2D eigenvalue weighted by atomic mass is 79.9. The predicted molar refractivity (Wildman–Crippen MR) is 79.7 cm³/mol. The van der Waals surface area contributed by atoms with Gasteiger partial charge in [0, 0.05) is 12.6 Å². The summed E-state index contributed by atoms with van der Waals surface area (Å²) >= 11 is 3.18. The number of rotatable bonds is 4. The summed E-state index contributed by atoms with van der Waals surface area (Å²) < 4.78 is 13.6. The van der Waals surface area contributed by atoms with Crippen molar-refractivity contribution in [2.45, 2.75) is 38.1 Å². The predicted octanol–water partition coefficient (Wildman–Crippen LogP) is 2.98. The molecule has 3 N–H and O–H groups in total. The van der Waals surface area contributed by atoms with Crippen LogP contribution >= 0.6 is 15.9 Å². The van der Waals surface area contributed by atoms with Crippen LogP contribution in [0.1, 0.15) is 31.2 Å². The molecule has 1 saturated carbocycles. The van der Waals surface area contributed by atoms with Gasteiger partial charge in [0.1, 0.15) is 5.82 Å². The zero-order valence-corrected chi connectivity index (χ0v) is 12.4. The molecule has 0 saturated heterocycles. The van der Waals surface area contributed by atoms with E-state index in [1.165, 1.54) is 31.7 Å². The standard InChI is InChI=1S/C14H19BrFN3/c15-12-9-10(5-6-13(12)16)7-8-18-14(17)19-11-3-1-2-4-11/h5-6,9,11H,1-4,7-8H2,(H3,17,18,19). The van der Waals surface area contributed by atoms with Crippen LogP contribution in [-0.4, -0.2) is 18.5 Å². The second-order valence-corrected chi connectivity index (χ2v) is 5.75. The Balaban J connectivity index is 1.79. The highest BCUT2D eigenvalue weighted by molar-refractivity contribution is 9.10. The van der Waals surface area contributed by atoms with E-state index in [0.29, 0.717) is 23.0 Å². The highest BCUT2D eigenvalue weighted by Gasteiger charge is 2.14. The van der Waals surface area contributed by atoms with Crippen LogP contribution in [0.2, 0.25) is 0 Å². The van der Waals surface area contributed by atoms with Gasteiger partial charge in [-0.1, -0.05) is 18.9 Å². The monoisotopic (exact) mass is 327 g/mol. The number of hydrogen-bond acceptors (Lipinski definition) is 1. The molecule has 1 aliphatic carbocycles. The van der Waals surface area contributed by atoms with Crippen LogP contribution in [0.15, 0.2) is 27.7 Å². The lowest BCUT2D eigenvalue weighted by atomic mass is 10.1. The summed E-state index contributed by atoms with van der Waals surface area (Å²) in [5.41, 5.74) is 6.89.